The van der Waals surface area contributed by atoms with Gasteiger partial charge in [0.25, 0.3) is 0 Å². The summed E-state index contributed by atoms with van der Waals surface area (Å²) in [6, 6.07) is 23.5. The van der Waals surface area contributed by atoms with Crippen molar-refractivity contribution in [2.45, 2.75) is 51.2 Å². The summed E-state index contributed by atoms with van der Waals surface area (Å²) in [7, 11) is 0. The van der Waals surface area contributed by atoms with Crippen LogP contribution in [0.4, 0.5) is 17.1 Å². The van der Waals surface area contributed by atoms with Crippen LogP contribution in [0, 0.1) is 11.3 Å². The summed E-state index contributed by atoms with van der Waals surface area (Å²) < 4.78 is 2.01. The number of fused-ring (bicyclic) bond motifs is 1. The third-order valence-electron chi connectivity index (χ3n) is 8.21. The lowest BCUT2D eigenvalue weighted by atomic mass is 9.98. The number of likely N-dealkylation sites (tertiary alicyclic amines) is 1. The number of pyridine rings is 1. The molecule has 10 heteroatoms. The Morgan fingerprint density at radius 2 is 1.70 bits per heavy atom. The van der Waals surface area contributed by atoms with Crippen molar-refractivity contribution in [2.24, 2.45) is 0 Å². The summed E-state index contributed by atoms with van der Waals surface area (Å²) in [6.07, 6.45) is 5.63. The zero-order valence-corrected chi connectivity index (χ0v) is 26.4. The summed E-state index contributed by atoms with van der Waals surface area (Å²) in [5.41, 5.74) is 5.20. The number of rotatable bonds is 7. The predicted octanol–water partition coefficient (Wildman–Crippen LogP) is 8.39. The Morgan fingerprint density at radius 3 is 2.39 bits per heavy atom. The van der Waals surface area contributed by atoms with E-state index in [1.807, 2.05) is 77.6 Å². The highest BCUT2D eigenvalue weighted by atomic mass is 35.5. The van der Waals surface area contributed by atoms with Crippen molar-refractivity contribution in [1.82, 2.24) is 24.9 Å². The molecule has 0 amide bonds. The molecule has 2 aromatic heterocycles. The lowest BCUT2D eigenvalue weighted by Gasteiger charge is -2.40. The SMILES string of the molecule is CC(C)(C)N1CCC(n2cc([C@@H](Nc3cc(Cl)c4ncc(C#N)c(Nc5ccccc5)c4c3)c3ccc(Cl)cc3)nn2)CC1. The molecule has 3 heterocycles. The summed E-state index contributed by atoms with van der Waals surface area (Å²) in [5.74, 6) is 0. The van der Waals surface area contributed by atoms with E-state index in [0.717, 1.165) is 53.9 Å². The zero-order chi connectivity index (χ0) is 30.8. The first-order chi connectivity index (χ1) is 21.2. The molecule has 1 saturated heterocycles. The number of benzene rings is 3. The molecule has 0 aliphatic carbocycles. The van der Waals surface area contributed by atoms with Gasteiger partial charge in [-0.3, -0.25) is 9.88 Å². The van der Waals surface area contributed by atoms with Gasteiger partial charge >= 0.3 is 0 Å². The van der Waals surface area contributed by atoms with Crippen molar-refractivity contribution in [3.8, 4) is 6.07 Å². The molecule has 0 bridgehead atoms. The van der Waals surface area contributed by atoms with Gasteiger partial charge in [-0.25, -0.2) is 4.68 Å². The Labute approximate surface area is 267 Å². The van der Waals surface area contributed by atoms with Crippen molar-refractivity contribution in [2.75, 3.05) is 23.7 Å². The van der Waals surface area contributed by atoms with Gasteiger partial charge in [0.2, 0.25) is 0 Å². The molecule has 0 spiro atoms. The van der Waals surface area contributed by atoms with E-state index in [4.69, 9.17) is 23.2 Å². The summed E-state index contributed by atoms with van der Waals surface area (Å²) in [6.45, 7) is 8.84. The zero-order valence-electron chi connectivity index (χ0n) is 24.9. The van der Waals surface area contributed by atoms with Crippen LogP contribution in [0.15, 0.2) is 79.1 Å². The molecule has 0 unspecified atom stereocenters. The number of nitriles is 1. The van der Waals surface area contributed by atoms with Gasteiger partial charge in [0.1, 0.15) is 11.8 Å². The van der Waals surface area contributed by atoms with Gasteiger partial charge in [0.05, 0.1) is 40.1 Å². The lowest BCUT2D eigenvalue weighted by Crippen LogP contribution is -2.46. The smallest absolute Gasteiger partial charge is 0.109 e. The first-order valence-electron chi connectivity index (χ1n) is 14.7. The second-order valence-electron chi connectivity index (χ2n) is 12.1. The Morgan fingerprint density at radius 1 is 0.977 bits per heavy atom. The second kappa shape index (κ2) is 12.4. The molecular weight excluding hydrogens is 591 g/mol. The largest absolute Gasteiger partial charge is 0.373 e. The van der Waals surface area contributed by atoms with Crippen molar-refractivity contribution >= 4 is 51.2 Å². The summed E-state index contributed by atoms with van der Waals surface area (Å²) in [4.78, 5) is 7.03. The number of hydrogen-bond acceptors (Lipinski definition) is 7. The van der Waals surface area contributed by atoms with Crippen molar-refractivity contribution in [3.63, 3.8) is 0 Å². The highest BCUT2D eigenvalue weighted by Crippen LogP contribution is 2.37. The van der Waals surface area contributed by atoms with Gasteiger partial charge in [-0.2, -0.15) is 5.26 Å². The number of aromatic nitrogens is 4. The lowest BCUT2D eigenvalue weighted by molar-refractivity contribution is 0.0866. The standard InChI is InChI=1S/C34H34Cl2N8/c1-34(2,3)43-15-13-27(14-16-43)44-21-30(41-42-44)32(22-9-11-24(35)12-10-22)40-26-17-28-31(39-25-7-5-4-6-8-25)23(19-37)20-38-33(28)29(36)18-26/h4-12,17-18,20-21,27,32,40H,13-16H2,1-3H3,(H,38,39)/t32-/m0/s1. The quantitative estimate of drug-likeness (QED) is 0.188. The average molecular weight is 626 g/mol. The molecule has 3 aromatic carbocycles. The molecule has 0 radical (unpaired) electrons. The van der Waals surface area contributed by atoms with Crippen LogP contribution in [0.3, 0.4) is 0 Å². The summed E-state index contributed by atoms with van der Waals surface area (Å²) in [5, 5.41) is 28.0. The fraction of sp³-hybridized carbons (Fsp3) is 0.294. The predicted molar refractivity (Wildman–Crippen MR) is 178 cm³/mol. The minimum Gasteiger partial charge on any atom is -0.373 e. The molecule has 6 rings (SSSR count). The first-order valence-corrected chi connectivity index (χ1v) is 15.5. The van der Waals surface area contributed by atoms with Crippen LogP contribution >= 0.6 is 23.2 Å². The van der Waals surface area contributed by atoms with Crippen LogP contribution < -0.4 is 10.6 Å². The Kier molecular flexibility index (Phi) is 8.46. The fourth-order valence-electron chi connectivity index (χ4n) is 5.78. The van der Waals surface area contributed by atoms with E-state index in [0.29, 0.717) is 26.8 Å². The van der Waals surface area contributed by atoms with E-state index in [1.165, 1.54) is 0 Å². The van der Waals surface area contributed by atoms with Crippen LogP contribution in [-0.4, -0.2) is 43.5 Å². The van der Waals surface area contributed by atoms with E-state index in [2.05, 4.69) is 57.7 Å². The van der Waals surface area contributed by atoms with E-state index in [9.17, 15) is 5.26 Å². The molecule has 1 aliphatic rings. The van der Waals surface area contributed by atoms with Gasteiger partial charge in [-0.1, -0.05) is 58.7 Å². The summed E-state index contributed by atoms with van der Waals surface area (Å²) >= 11 is 13.1. The van der Waals surface area contributed by atoms with Crippen molar-refractivity contribution in [1.29, 1.82) is 5.26 Å². The van der Waals surface area contributed by atoms with Crippen molar-refractivity contribution < 1.29 is 0 Å². The average Bonchev–Trinajstić information content (AvgIpc) is 3.51. The minimum atomic E-state index is -0.332. The van der Waals surface area contributed by atoms with Gasteiger partial charge < -0.3 is 10.6 Å². The fourth-order valence-corrected chi connectivity index (χ4v) is 6.17. The Bertz CT molecular complexity index is 1800. The number of halogens is 2. The van der Waals surface area contributed by atoms with Crippen LogP contribution in [0.5, 0.6) is 0 Å². The molecule has 0 saturated carbocycles. The number of piperidine rings is 1. The van der Waals surface area contributed by atoms with Gasteiger partial charge in [-0.15, -0.1) is 5.10 Å². The first kappa shape index (κ1) is 29.9. The Hall–Kier alpha value is -4.16. The normalized spacial score (nSPS) is 15.2. The van der Waals surface area contributed by atoms with Crippen LogP contribution in [0.25, 0.3) is 10.9 Å². The monoisotopic (exact) mass is 624 g/mol. The molecular formula is C34H34Cl2N8. The molecule has 44 heavy (non-hydrogen) atoms. The number of para-hydroxylation sites is 1. The third-order valence-corrected chi connectivity index (χ3v) is 8.75. The Balaban J connectivity index is 1.35. The van der Waals surface area contributed by atoms with E-state index in [-0.39, 0.29) is 17.6 Å². The molecule has 1 aliphatic heterocycles. The molecule has 1 fully saturated rings. The van der Waals surface area contributed by atoms with Crippen LogP contribution in [-0.2, 0) is 0 Å². The minimum absolute atomic E-state index is 0.156. The number of anilines is 3. The second-order valence-corrected chi connectivity index (χ2v) is 13.0. The molecule has 1 atom stereocenters. The van der Waals surface area contributed by atoms with Crippen LogP contribution in [0.2, 0.25) is 10.0 Å². The van der Waals surface area contributed by atoms with Gasteiger partial charge in [0, 0.05) is 46.6 Å². The maximum Gasteiger partial charge on any atom is 0.109 e. The highest BCUT2D eigenvalue weighted by Gasteiger charge is 2.29. The van der Waals surface area contributed by atoms with E-state index in [1.54, 1.807) is 6.20 Å². The van der Waals surface area contributed by atoms with Crippen LogP contribution in [0.1, 0.15) is 62.5 Å². The maximum absolute atomic E-state index is 9.91. The third kappa shape index (κ3) is 6.36. The van der Waals surface area contributed by atoms with Gasteiger partial charge in [0.15, 0.2) is 0 Å². The maximum atomic E-state index is 9.91. The van der Waals surface area contributed by atoms with Crippen molar-refractivity contribution in [3.05, 3.63) is 106 Å². The number of nitrogens with zero attached hydrogens (tertiary/aromatic N) is 6. The van der Waals surface area contributed by atoms with E-state index < -0.39 is 0 Å². The molecule has 8 nitrogen and oxygen atoms in total. The highest BCUT2D eigenvalue weighted by molar-refractivity contribution is 6.36. The van der Waals surface area contributed by atoms with Gasteiger partial charge in [-0.05, 0) is 75.6 Å². The number of nitrogens with one attached hydrogen (secondary N) is 2. The topological polar surface area (TPSA) is 94.7 Å². The van der Waals surface area contributed by atoms with E-state index >= 15 is 0 Å². The molecule has 224 valence electrons. The number of hydrogen-bond donors (Lipinski definition) is 2. The molecule has 5 aromatic rings. The molecule has 2 N–H and O–H groups in total.